The Labute approximate surface area is 116 Å². The summed E-state index contributed by atoms with van der Waals surface area (Å²) in [5.41, 5.74) is 0.563. The Morgan fingerprint density at radius 1 is 1.21 bits per heavy atom. The Bertz CT molecular complexity index is 552. The third-order valence-electron chi connectivity index (χ3n) is 2.79. The summed E-state index contributed by atoms with van der Waals surface area (Å²) in [6, 6.07) is 11.3. The minimum absolute atomic E-state index is 0.0660. The van der Waals surface area contributed by atoms with E-state index >= 15 is 0 Å². The zero-order valence-corrected chi connectivity index (χ0v) is 11.2. The molecule has 1 atom stereocenters. The van der Waals surface area contributed by atoms with Gasteiger partial charge in [0.05, 0.1) is 6.61 Å². The van der Waals surface area contributed by atoms with Crippen molar-refractivity contribution in [2.45, 2.75) is 13.0 Å². The number of aliphatic hydroxyl groups excluding tert-OH is 1. The van der Waals surface area contributed by atoms with E-state index in [2.05, 4.69) is 0 Å². The number of aliphatic hydroxyl groups is 1. The van der Waals surface area contributed by atoms with Crippen molar-refractivity contribution >= 4 is 11.6 Å². The SMILES string of the molecule is CCOc1ccccc1C(O)c1c(F)cccc1Cl. The van der Waals surface area contributed by atoms with Gasteiger partial charge in [-0.15, -0.1) is 0 Å². The second-order valence-corrected chi connectivity index (χ2v) is 4.42. The molecule has 0 aliphatic rings. The van der Waals surface area contributed by atoms with E-state index in [0.29, 0.717) is 17.9 Å². The van der Waals surface area contributed by atoms with E-state index in [9.17, 15) is 9.50 Å². The topological polar surface area (TPSA) is 29.5 Å². The fraction of sp³-hybridized carbons (Fsp3) is 0.200. The molecule has 2 rings (SSSR count). The molecule has 1 N–H and O–H groups in total. The van der Waals surface area contributed by atoms with E-state index in [1.807, 2.05) is 6.92 Å². The van der Waals surface area contributed by atoms with Gasteiger partial charge in [0.15, 0.2) is 0 Å². The maximum absolute atomic E-state index is 13.8. The van der Waals surface area contributed by atoms with Gasteiger partial charge in [0.1, 0.15) is 17.7 Å². The second-order valence-electron chi connectivity index (χ2n) is 4.01. The van der Waals surface area contributed by atoms with Crippen molar-refractivity contribution < 1.29 is 14.2 Å². The first kappa shape index (κ1) is 13.8. The first-order chi connectivity index (χ1) is 9.15. The number of para-hydroxylation sites is 1. The van der Waals surface area contributed by atoms with Crippen LogP contribution < -0.4 is 4.74 Å². The highest BCUT2D eigenvalue weighted by Crippen LogP contribution is 2.34. The van der Waals surface area contributed by atoms with Crippen molar-refractivity contribution in [3.8, 4) is 5.75 Å². The number of benzene rings is 2. The highest BCUT2D eigenvalue weighted by Gasteiger charge is 2.21. The molecule has 2 aromatic carbocycles. The molecule has 0 aliphatic heterocycles. The quantitative estimate of drug-likeness (QED) is 0.918. The van der Waals surface area contributed by atoms with Crippen LogP contribution in [-0.2, 0) is 0 Å². The van der Waals surface area contributed by atoms with Crippen LogP contribution in [0.5, 0.6) is 5.75 Å². The molecular formula is C15H14ClFO2. The largest absolute Gasteiger partial charge is 0.493 e. The van der Waals surface area contributed by atoms with Crippen molar-refractivity contribution in [1.82, 2.24) is 0 Å². The summed E-state index contributed by atoms with van der Waals surface area (Å²) in [5, 5.41) is 10.5. The minimum Gasteiger partial charge on any atom is -0.493 e. The monoisotopic (exact) mass is 280 g/mol. The van der Waals surface area contributed by atoms with Crippen LogP contribution in [0, 0.1) is 5.82 Å². The third-order valence-corrected chi connectivity index (χ3v) is 3.12. The van der Waals surface area contributed by atoms with Crippen molar-refractivity contribution in [2.24, 2.45) is 0 Å². The molecule has 0 radical (unpaired) electrons. The molecule has 100 valence electrons. The lowest BCUT2D eigenvalue weighted by Crippen LogP contribution is -2.06. The Kier molecular flexibility index (Phi) is 4.40. The lowest BCUT2D eigenvalue weighted by molar-refractivity contribution is 0.207. The predicted octanol–water partition coefficient (Wildman–Crippen LogP) is 3.96. The standard InChI is InChI=1S/C15H14ClFO2/c1-2-19-13-9-4-3-6-10(13)15(18)14-11(16)7-5-8-12(14)17/h3-9,15,18H,2H2,1H3. The average Bonchev–Trinajstić information content (AvgIpc) is 2.39. The Balaban J connectivity index is 2.47. The first-order valence-electron chi connectivity index (χ1n) is 5.98. The van der Waals surface area contributed by atoms with Crippen LogP contribution in [0.2, 0.25) is 5.02 Å². The van der Waals surface area contributed by atoms with Crippen LogP contribution in [0.1, 0.15) is 24.2 Å². The van der Waals surface area contributed by atoms with Crippen LogP contribution in [-0.4, -0.2) is 11.7 Å². The predicted molar refractivity (Wildman–Crippen MR) is 73.1 cm³/mol. The average molecular weight is 281 g/mol. The van der Waals surface area contributed by atoms with Gasteiger partial charge >= 0.3 is 0 Å². The third kappa shape index (κ3) is 2.88. The van der Waals surface area contributed by atoms with Crippen molar-refractivity contribution in [2.75, 3.05) is 6.61 Å². The molecule has 0 bridgehead atoms. The lowest BCUT2D eigenvalue weighted by atomic mass is 10.00. The van der Waals surface area contributed by atoms with Gasteiger partial charge in [-0.05, 0) is 25.1 Å². The molecule has 1 unspecified atom stereocenters. The molecule has 0 saturated carbocycles. The van der Waals surface area contributed by atoms with Gasteiger partial charge in [-0.3, -0.25) is 0 Å². The smallest absolute Gasteiger partial charge is 0.130 e. The zero-order valence-electron chi connectivity index (χ0n) is 10.4. The second kappa shape index (κ2) is 6.04. The number of ether oxygens (including phenoxy) is 1. The number of rotatable bonds is 4. The van der Waals surface area contributed by atoms with Gasteiger partial charge in [-0.25, -0.2) is 4.39 Å². The van der Waals surface area contributed by atoms with E-state index < -0.39 is 11.9 Å². The van der Waals surface area contributed by atoms with E-state index in [0.717, 1.165) is 0 Å². The highest BCUT2D eigenvalue weighted by atomic mass is 35.5. The molecule has 0 saturated heterocycles. The highest BCUT2D eigenvalue weighted by molar-refractivity contribution is 6.31. The molecule has 0 aliphatic carbocycles. The fourth-order valence-corrected chi connectivity index (χ4v) is 2.19. The summed E-state index contributed by atoms with van der Waals surface area (Å²) in [6.07, 6.45) is -1.16. The fourth-order valence-electron chi connectivity index (χ4n) is 1.92. The number of hydrogen-bond acceptors (Lipinski definition) is 2. The summed E-state index contributed by atoms with van der Waals surface area (Å²) in [6.45, 7) is 2.31. The van der Waals surface area contributed by atoms with E-state index in [-0.39, 0.29) is 10.6 Å². The Morgan fingerprint density at radius 3 is 2.63 bits per heavy atom. The summed E-state index contributed by atoms with van der Waals surface area (Å²) in [4.78, 5) is 0. The van der Waals surface area contributed by atoms with Gasteiger partial charge in [0, 0.05) is 16.1 Å². The molecule has 0 heterocycles. The van der Waals surface area contributed by atoms with Gasteiger partial charge in [0.25, 0.3) is 0 Å². The summed E-state index contributed by atoms with van der Waals surface area (Å²) >= 11 is 5.96. The Morgan fingerprint density at radius 2 is 1.95 bits per heavy atom. The lowest BCUT2D eigenvalue weighted by Gasteiger charge is -2.17. The van der Waals surface area contributed by atoms with Crippen LogP contribution >= 0.6 is 11.6 Å². The van der Waals surface area contributed by atoms with Crippen molar-refractivity contribution in [3.05, 3.63) is 64.4 Å². The molecule has 0 amide bonds. The normalized spacial score (nSPS) is 12.2. The molecular weight excluding hydrogens is 267 g/mol. The summed E-state index contributed by atoms with van der Waals surface area (Å²) in [5.74, 6) is -0.0110. The van der Waals surface area contributed by atoms with Gasteiger partial charge in [0.2, 0.25) is 0 Å². The van der Waals surface area contributed by atoms with Crippen LogP contribution in [0.15, 0.2) is 42.5 Å². The van der Waals surface area contributed by atoms with Crippen LogP contribution in [0.3, 0.4) is 0 Å². The van der Waals surface area contributed by atoms with Gasteiger partial charge in [-0.1, -0.05) is 35.9 Å². The van der Waals surface area contributed by atoms with Crippen molar-refractivity contribution in [1.29, 1.82) is 0 Å². The van der Waals surface area contributed by atoms with Gasteiger partial charge in [-0.2, -0.15) is 0 Å². The van der Waals surface area contributed by atoms with E-state index in [1.165, 1.54) is 12.1 Å². The molecule has 2 aromatic rings. The maximum Gasteiger partial charge on any atom is 0.130 e. The molecule has 0 spiro atoms. The molecule has 19 heavy (non-hydrogen) atoms. The molecule has 0 aromatic heterocycles. The first-order valence-corrected chi connectivity index (χ1v) is 6.36. The number of halogens is 2. The van der Waals surface area contributed by atoms with Gasteiger partial charge < -0.3 is 9.84 Å². The zero-order chi connectivity index (χ0) is 13.8. The van der Waals surface area contributed by atoms with E-state index in [4.69, 9.17) is 16.3 Å². The summed E-state index contributed by atoms with van der Waals surface area (Å²) in [7, 11) is 0. The van der Waals surface area contributed by atoms with Crippen molar-refractivity contribution in [3.63, 3.8) is 0 Å². The maximum atomic E-state index is 13.8. The Hall–Kier alpha value is -1.58. The van der Waals surface area contributed by atoms with E-state index in [1.54, 1.807) is 30.3 Å². The van der Waals surface area contributed by atoms with Crippen LogP contribution in [0.4, 0.5) is 4.39 Å². The number of hydrogen-bond donors (Lipinski definition) is 1. The molecule has 0 fully saturated rings. The summed E-state index contributed by atoms with van der Waals surface area (Å²) < 4.78 is 19.3. The van der Waals surface area contributed by atoms with Crippen LogP contribution in [0.25, 0.3) is 0 Å². The minimum atomic E-state index is -1.16. The molecule has 2 nitrogen and oxygen atoms in total. The molecule has 4 heteroatoms.